The Morgan fingerprint density at radius 2 is 2.22 bits per heavy atom. The topological polar surface area (TPSA) is 29.3 Å². The molecule has 0 aromatic heterocycles. The van der Waals surface area contributed by atoms with E-state index in [0.717, 1.165) is 31.1 Å². The standard InChI is InChI=1S/C14H19FN2S/c1-2-8-17(9-10-6-7-10)12-5-3-4-11(15)13(12)14(16)18/h3-5,10H,2,6-9H2,1H3,(H2,16,18). The highest BCUT2D eigenvalue weighted by Crippen LogP contribution is 2.33. The van der Waals surface area contributed by atoms with Crippen LogP contribution in [0.5, 0.6) is 0 Å². The summed E-state index contributed by atoms with van der Waals surface area (Å²) >= 11 is 4.98. The van der Waals surface area contributed by atoms with Gasteiger partial charge in [-0.2, -0.15) is 0 Å². The van der Waals surface area contributed by atoms with Crippen molar-refractivity contribution in [3.05, 3.63) is 29.6 Å². The maximum absolute atomic E-state index is 13.9. The molecule has 0 aliphatic heterocycles. The van der Waals surface area contributed by atoms with E-state index >= 15 is 0 Å². The largest absolute Gasteiger partial charge is 0.389 e. The quantitative estimate of drug-likeness (QED) is 0.802. The molecule has 0 saturated heterocycles. The SMILES string of the molecule is CCCN(CC1CC1)c1cccc(F)c1C(N)=S. The van der Waals surface area contributed by atoms with Crippen molar-refractivity contribution in [2.75, 3.05) is 18.0 Å². The maximum Gasteiger partial charge on any atom is 0.135 e. The van der Waals surface area contributed by atoms with Crippen molar-refractivity contribution in [3.63, 3.8) is 0 Å². The lowest BCUT2D eigenvalue weighted by molar-refractivity contribution is 0.622. The second kappa shape index (κ2) is 5.65. The molecule has 0 spiro atoms. The van der Waals surface area contributed by atoms with E-state index in [1.54, 1.807) is 6.07 Å². The molecule has 0 atom stereocenters. The minimum atomic E-state index is -0.322. The fourth-order valence-corrected chi connectivity index (χ4v) is 2.41. The van der Waals surface area contributed by atoms with Gasteiger partial charge in [-0.25, -0.2) is 4.39 Å². The zero-order chi connectivity index (χ0) is 13.1. The third-order valence-electron chi connectivity index (χ3n) is 3.25. The number of nitrogens with two attached hydrogens (primary N) is 1. The molecular formula is C14H19FN2S. The van der Waals surface area contributed by atoms with Gasteiger partial charge < -0.3 is 10.6 Å². The first-order valence-electron chi connectivity index (χ1n) is 6.46. The highest BCUT2D eigenvalue weighted by atomic mass is 32.1. The van der Waals surface area contributed by atoms with Gasteiger partial charge in [-0.3, -0.25) is 0 Å². The summed E-state index contributed by atoms with van der Waals surface area (Å²) < 4.78 is 13.9. The van der Waals surface area contributed by atoms with E-state index in [1.165, 1.54) is 18.9 Å². The molecule has 1 saturated carbocycles. The second-order valence-electron chi connectivity index (χ2n) is 4.89. The summed E-state index contributed by atoms with van der Waals surface area (Å²) in [4.78, 5) is 2.36. The van der Waals surface area contributed by atoms with Crippen molar-refractivity contribution in [1.29, 1.82) is 0 Å². The van der Waals surface area contributed by atoms with Crippen LogP contribution < -0.4 is 10.6 Å². The molecule has 0 unspecified atom stereocenters. The summed E-state index contributed by atoms with van der Waals surface area (Å²) in [6.45, 7) is 4.02. The van der Waals surface area contributed by atoms with Gasteiger partial charge in [0.2, 0.25) is 0 Å². The van der Waals surface area contributed by atoms with Crippen molar-refractivity contribution in [3.8, 4) is 0 Å². The van der Waals surface area contributed by atoms with Crippen LogP contribution in [0.3, 0.4) is 0 Å². The lowest BCUT2D eigenvalue weighted by Crippen LogP contribution is -2.29. The van der Waals surface area contributed by atoms with Gasteiger partial charge in [-0.05, 0) is 37.3 Å². The van der Waals surface area contributed by atoms with E-state index in [0.29, 0.717) is 5.56 Å². The fraction of sp³-hybridized carbons (Fsp3) is 0.500. The number of hydrogen-bond acceptors (Lipinski definition) is 2. The van der Waals surface area contributed by atoms with Gasteiger partial charge in [-0.1, -0.05) is 25.2 Å². The first kappa shape index (κ1) is 13.3. The van der Waals surface area contributed by atoms with Gasteiger partial charge in [0.1, 0.15) is 10.8 Å². The molecule has 4 heteroatoms. The Morgan fingerprint density at radius 1 is 1.50 bits per heavy atom. The number of thiocarbonyl (C=S) groups is 1. The minimum absolute atomic E-state index is 0.139. The van der Waals surface area contributed by atoms with Crippen LogP contribution >= 0.6 is 12.2 Å². The molecule has 18 heavy (non-hydrogen) atoms. The number of halogens is 1. The summed E-state index contributed by atoms with van der Waals surface area (Å²) in [6, 6.07) is 5.05. The van der Waals surface area contributed by atoms with E-state index in [9.17, 15) is 4.39 Å². The summed E-state index contributed by atoms with van der Waals surface area (Å²) in [5, 5.41) is 0. The van der Waals surface area contributed by atoms with Crippen molar-refractivity contribution >= 4 is 22.9 Å². The molecule has 1 aliphatic carbocycles. The first-order valence-corrected chi connectivity index (χ1v) is 6.87. The third-order valence-corrected chi connectivity index (χ3v) is 3.45. The van der Waals surface area contributed by atoms with Crippen molar-refractivity contribution in [2.45, 2.75) is 26.2 Å². The Hall–Kier alpha value is -1.16. The monoisotopic (exact) mass is 266 g/mol. The average molecular weight is 266 g/mol. The van der Waals surface area contributed by atoms with Crippen LogP contribution in [0.2, 0.25) is 0 Å². The zero-order valence-electron chi connectivity index (χ0n) is 10.7. The molecule has 1 aromatic rings. The Balaban J connectivity index is 2.32. The minimum Gasteiger partial charge on any atom is -0.389 e. The number of nitrogens with zero attached hydrogens (tertiary/aromatic N) is 1. The van der Waals surface area contributed by atoms with Crippen molar-refractivity contribution < 1.29 is 4.39 Å². The molecule has 1 aliphatic rings. The molecule has 1 aromatic carbocycles. The van der Waals surface area contributed by atoms with E-state index in [-0.39, 0.29) is 10.8 Å². The predicted molar refractivity (Wildman–Crippen MR) is 77.5 cm³/mol. The van der Waals surface area contributed by atoms with Crippen LogP contribution in [0.25, 0.3) is 0 Å². The van der Waals surface area contributed by atoms with Gasteiger partial charge in [-0.15, -0.1) is 0 Å². The molecule has 0 heterocycles. The Morgan fingerprint density at radius 3 is 2.78 bits per heavy atom. The van der Waals surface area contributed by atoms with Gasteiger partial charge in [0, 0.05) is 18.8 Å². The Kier molecular flexibility index (Phi) is 4.17. The summed E-state index contributed by atoms with van der Waals surface area (Å²) in [6.07, 6.45) is 3.58. The normalized spacial score (nSPS) is 14.6. The van der Waals surface area contributed by atoms with Crippen molar-refractivity contribution in [1.82, 2.24) is 0 Å². The number of anilines is 1. The van der Waals surface area contributed by atoms with Gasteiger partial charge in [0.25, 0.3) is 0 Å². The molecule has 1 fully saturated rings. The third kappa shape index (κ3) is 2.99. The highest BCUT2D eigenvalue weighted by Gasteiger charge is 2.26. The maximum atomic E-state index is 13.9. The van der Waals surface area contributed by atoms with Gasteiger partial charge in [0.15, 0.2) is 0 Å². The second-order valence-corrected chi connectivity index (χ2v) is 5.33. The summed E-state index contributed by atoms with van der Waals surface area (Å²) in [5.41, 5.74) is 6.89. The zero-order valence-corrected chi connectivity index (χ0v) is 11.5. The molecule has 0 bridgehead atoms. The van der Waals surface area contributed by atoms with Crippen LogP contribution in [0, 0.1) is 11.7 Å². The van der Waals surface area contributed by atoms with E-state index in [2.05, 4.69) is 11.8 Å². The van der Waals surface area contributed by atoms with E-state index in [4.69, 9.17) is 18.0 Å². The van der Waals surface area contributed by atoms with Gasteiger partial charge in [0.05, 0.1) is 5.56 Å². The molecule has 2 rings (SSSR count). The summed E-state index contributed by atoms with van der Waals surface area (Å²) in [5.74, 6) is 0.427. The lowest BCUT2D eigenvalue weighted by Gasteiger charge is -2.26. The van der Waals surface area contributed by atoms with Gasteiger partial charge >= 0.3 is 0 Å². The Bertz CT molecular complexity index is 443. The first-order chi connectivity index (χ1) is 8.63. The van der Waals surface area contributed by atoms with Crippen LogP contribution in [-0.4, -0.2) is 18.1 Å². The molecular weight excluding hydrogens is 247 g/mol. The van der Waals surface area contributed by atoms with Crippen LogP contribution in [0.4, 0.5) is 10.1 Å². The molecule has 2 N–H and O–H groups in total. The van der Waals surface area contributed by atoms with Crippen molar-refractivity contribution in [2.24, 2.45) is 11.7 Å². The number of hydrogen-bond donors (Lipinski definition) is 1. The summed E-state index contributed by atoms with van der Waals surface area (Å²) in [7, 11) is 0. The number of benzene rings is 1. The number of rotatable bonds is 6. The molecule has 2 nitrogen and oxygen atoms in total. The smallest absolute Gasteiger partial charge is 0.135 e. The average Bonchev–Trinajstić information content (AvgIpc) is 3.11. The Labute approximate surface area is 113 Å². The predicted octanol–water partition coefficient (Wildman–Crippen LogP) is 3.09. The van der Waals surface area contributed by atoms with Crippen LogP contribution in [0.1, 0.15) is 31.7 Å². The van der Waals surface area contributed by atoms with E-state index in [1.807, 2.05) is 6.07 Å². The van der Waals surface area contributed by atoms with Crippen LogP contribution in [0.15, 0.2) is 18.2 Å². The molecule has 0 amide bonds. The molecule has 98 valence electrons. The fourth-order valence-electron chi connectivity index (χ4n) is 2.21. The van der Waals surface area contributed by atoms with Crippen LogP contribution in [-0.2, 0) is 0 Å². The molecule has 0 radical (unpaired) electrons. The van der Waals surface area contributed by atoms with E-state index < -0.39 is 0 Å². The highest BCUT2D eigenvalue weighted by molar-refractivity contribution is 7.80. The lowest BCUT2D eigenvalue weighted by atomic mass is 10.1.